The molecule has 6 heteroatoms. The summed E-state index contributed by atoms with van der Waals surface area (Å²) in [4.78, 5) is 12.5. The number of methoxy groups -OCH3 is 2. The van der Waals surface area contributed by atoms with Gasteiger partial charge in [0.15, 0.2) is 0 Å². The number of anilines is 1. The van der Waals surface area contributed by atoms with Crippen LogP contribution in [0.1, 0.15) is 26.7 Å². The van der Waals surface area contributed by atoms with E-state index in [1.54, 1.807) is 32.4 Å². The van der Waals surface area contributed by atoms with Crippen molar-refractivity contribution >= 4 is 23.2 Å². The van der Waals surface area contributed by atoms with Gasteiger partial charge in [-0.05, 0) is 50.8 Å². The first-order valence-electron chi connectivity index (χ1n) is 7.72. The molecule has 1 aliphatic carbocycles. The molecule has 1 N–H and O–H groups in total. The number of ether oxygens (including phenoxy) is 3. The third-order valence-corrected chi connectivity index (χ3v) is 4.45. The maximum absolute atomic E-state index is 12.5. The highest BCUT2D eigenvalue weighted by Gasteiger charge is 2.47. The minimum Gasteiger partial charge on any atom is -0.487 e. The third kappa shape index (κ3) is 4.37. The van der Waals surface area contributed by atoms with E-state index in [-0.39, 0.29) is 17.9 Å². The molecular formula is C17H24ClNO4. The van der Waals surface area contributed by atoms with Crippen molar-refractivity contribution in [2.75, 3.05) is 26.1 Å². The van der Waals surface area contributed by atoms with E-state index in [0.29, 0.717) is 23.1 Å². The second kappa shape index (κ2) is 7.51. The first-order chi connectivity index (χ1) is 10.9. The summed E-state index contributed by atoms with van der Waals surface area (Å²) in [5.41, 5.74) is -0.176. The Morgan fingerprint density at radius 2 is 2.13 bits per heavy atom. The van der Waals surface area contributed by atoms with Crippen molar-refractivity contribution in [3.05, 3.63) is 23.2 Å². The highest BCUT2D eigenvalue weighted by Crippen LogP contribution is 2.42. The van der Waals surface area contributed by atoms with Crippen LogP contribution in [-0.2, 0) is 14.3 Å². The number of carbonyl (C=O) groups is 1. The second-order valence-electron chi connectivity index (χ2n) is 6.07. The number of rotatable bonds is 8. The molecule has 0 aromatic heterocycles. The van der Waals surface area contributed by atoms with Gasteiger partial charge in [0.2, 0.25) is 0 Å². The maximum atomic E-state index is 12.5. The van der Waals surface area contributed by atoms with E-state index in [9.17, 15) is 4.79 Å². The molecule has 1 fully saturated rings. The number of benzene rings is 1. The fourth-order valence-electron chi connectivity index (χ4n) is 2.49. The molecule has 0 heterocycles. The predicted molar refractivity (Wildman–Crippen MR) is 90.2 cm³/mol. The molecule has 128 valence electrons. The zero-order valence-electron chi connectivity index (χ0n) is 14.0. The van der Waals surface area contributed by atoms with Gasteiger partial charge >= 0.3 is 0 Å². The van der Waals surface area contributed by atoms with Crippen molar-refractivity contribution in [3.8, 4) is 5.75 Å². The molecule has 1 aliphatic rings. The number of nitrogens with one attached hydrogen (secondary N) is 1. The van der Waals surface area contributed by atoms with Crippen molar-refractivity contribution in [1.82, 2.24) is 0 Å². The Morgan fingerprint density at radius 3 is 2.65 bits per heavy atom. The van der Waals surface area contributed by atoms with E-state index in [4.69, 9.17) is 25.8 Å². The molecule has 0 radical (unpaired) electrons. The van der Waals surface area contributed by atoms with E-state index < -0.39 is 5.60 Å². The van der Waals surface area contributed by atoms with Gasteiger partial charge in [0.25, 0.3) is 5.91 Å². The smallest absolute Gasteiger partial charge is 0.256 e. The van der Waals surface area contributed by atoms with Crippen LogP contribution in [-0.4, -0.2) is 38.4 Å². The Morgan fingerprint density at radius 1 is 1.43 bits per heavy atom. The van der Waals surface area contributed by atoms with Crippen molar-refractivity contribution in [3.63, 3.8) is 0 Å². The van der Waals surface area contributed by atoms with Crippen LogP contribution in [0.3, 0.4) is 0 Å². The van der Waals surface area contributed by atoms with E-state index in [0.717, 1.165) is 12.8 Å². The standard InChI is InChI=1S/C17H24ClNO4/c1-11(10-21-3)23-15-8-7-13(9-14(15)18)19-16(20)17(2,22-4)12-5-6-12/h7-9,11-12H,5-6,10H2,1-4H3,(H,19,20). The fourth-order valence-corrected chi connectivity index (χ4v) is 2.72. The van der Waals surface area contributed by atoms with Gasteiger partial charge in [0.05, 0.1) is 11.6 Å². The average Bonchev–Trinajstić information content (AvgIpc) is 3.34. The molecule has 2 rings (SSSR count). The summed E-state index contributed by atoms with van der Waals surface area (Å²) in [6, 6.07) is 5.18. The minimum absolute atomic E-state index is 0.107. The van der Waals surface area contributed by atoms with Gasteiger partial charge in [0, 0.05) is 19.9 Å². The highest BCUT2D eigenvalue weighted by atomic mass is 35.5. The van der Waals surface area contributed by atoms with Crippen molar-refractivity contribution in [1.29, 1.82) is 0 Å². The van der Waals surface area contributed by atoms with Crippen LogP contribution in [0.4, 0.5) is 5.69 Å². The van der Waals surface area contributed by atoms with Crippen LogP contribution in [0.25, 0.3) is 0 Å². The van der Waals surface area contributed by atoms with Crippen LogP contribution in [0.2, 0.25) is 5.02 Å². The molecule has 0 aliphatic heterocycles. The topological polar surface area (TPSA) is 56.8 Å². The van der Waals surface area contributed by atoms with Gasteiger partial charge in [-0.15, -0.1) is 0 Å². The predicted octanol–water partition coefficient (Wildman–Crippen LogP) is 3.51. The second-order valence-corrected chi connectivity index (χ2v) is 6.48. The van der Waals surface area contributed by atoms with Crippen molar-refractivity contribution in [2.24, 2.45) is 5.92 Å². The van der Waals surface area contributed by atoms with Crippen LogP contribution >= 0.6 is 11.6 Å². The maximum Gasteiger partial charge on any atom is 0.256 e. The zero-order chi connectivity index (χ0) is 17.0. The normalized spacial score (nSPS) is 18.1. The Balaban J connectivity index is 2.04. The van der Waals surface area contributed by atoms with Crippen LogP contribution in [0.15, 0.2) is 18.2 Å². The lowest BCUT2D eigenvalue weighted by molar-refractivity contribution is -0.138. The first kappa shape index (κ1) is 18.0. The monoisotopic (exact) mass is 341 g/mol. The average molecular weight is 342 g/mol. The van der Waals surface area contributed by atoms with Gasteiger partial charge in [0.1, 0.15) is 17.5 Å². The number of halogens is 1. The van der Waals surface area contributed by atoms with Gasteiger partial charge in [-0.25, -0.2) is 0 Å². The third-order valence-electron chi connectivity index (χ3n) is 4.15. The summed E-state index contributed by atoms with van der Waals surface area (Å²) in [7, 11) is 3.19. The summed E-state index contributed by atoms with van der Waals surface area (Å²) in [6.45, 7) is 4.20. The van der Waals surface area contributed by atoms with Crippen LogP contribution in [0.5, 0.6) is 5.75 Å². The largest absolute Gasteiger partial charge is 0.487 e. The molecule has 5 nitrogen and oxygen atoms in total. The fraction of sp³-hybridized carbons (Fsp3) is 0.588. The highest BCUT2D eigenvalue weighted by molar-refractivity contribution is 6.32. The Labute approximate surface area is 142 Å². The summed E-state index contributed by atoms with van der Waals surface area (Å²) in [5.74, 6) is 0.686. The molecule has 2 unspecified atom stereocenters. The number of carbonyl (C=O) groups excluding carboxylic acids is 1. The number of amides is 1. The summed E-state index contributed by atoms with van der Waals surface area (Å²) >= 11 is 6.23. The van der Waals surface area contributed by atoms with Gasteiger partial charge in [-0.2, -0.15) is 0 Å². The van der Waals surface area contributed by atoms with Crippen molar-refractivity contribution in [2.45, 2.75) is 38.4 Å². The molecule has 23 heavy (non-hydrogen) atoms. The quantitative estimate of drug-likeness (QED) is 0.786. The lowest BCUT2D eigenvalue weighted by Gasteiger charge is -2.26. The van der Waals surface area contributed by atoms with E-state index >= 15 is 0 Å². The molecule has 1 aromatic rings. The molecule has 1 saturated carbocycles. The Kier molecular flexibility index (Phi) is 5.89. The Hall–Kier alpha value is -1.30. The van der Waals surface area contributed by atoms with E-state index in [1.165, 1.54) is 0 Å². The molecular weight excluding hydrogens is 318 g/mol. The van der Waals surface area contributed by atoms with Crippen molar-refractivity contribution < 1.29 is 19.0 Å². The van der Waals surface area contributed by atoms with E-state index in [2.05, 4.69) is 5.32 Å². The Bertz CT molecular complexity index is 562. The lowest BCUT2D eigenvalue weighted by atomic mass is 9.99. The summed E-state index contributed by atoms with van der Waals surface area (Å²) in [6.07, 6.45) is 1.93. The number of hydrogen-bond acceptors (Lipinski definition) is 4. The molecule has 0 saturated heterocycles. The van der Waals surface area contributed by atoms with E-state index in [1.807, 2.05) is 13.8 Å². The molecule has 1 amide bonds. The molecule has 2 atom stereocenters. The lowest BCUT2D eigenvalue weighted by Crippen LogP contribution is -2.44. The van der Waals surface area contributed by atoms with Gasteiger partial charge in [-0.1, -0.05) is 11.6 Å². The molecule has 1 aromatic carbocycles. The minimum atomic E-state index is -0.797. The number of hydrogen-bond donors (Lipinski definition) is 1. The summed E-state index contributed by atoms with van der Waals surface area (Å²) < 4.78 is 16.2. The van der Waals surface area contributed by atoms with Crippen LogP contribution in [0, 0.1) is 5.92 Å². The SMILES string of the molecule is COCC(C)Oc1ccc(NC(=O)C(C)(OC)C2CC2)cc1Cl. The molecule has 0 spiro atoms. The zero-order valence-corrected chi connectivity index (χ0v) is 14.8. The van der Waals surface area contributed by atoms with Gasteiger partial charge in [-0.3, -0.25) is 4.79 Å². The first-order valence-corrected chi connectivity index (χ1v) is 8.10. The summed E-state index contributed by atoms with van der Waals surface area (Å²) in [5, 5.41) is 3.31. The molecule has 0 bridgehead atoms. The van der Waals surface area contributed by atoms with Gasteiger partial charge < -0.3 is 19.5 Å². The van der Waals surface area contributed by atoms with Crippen LogP contribution < -0.4 is 10.1 Å².